The van der Waals surface area contributed by atoms with Crippen molar-refractivity contribution in [3.05, 3.63) is 22.6 Å². The number of aliphatic carboxylic acids is 1. The van der Waals surface area contributed by atoms with Crippen molar-refractivity contribution in [1.29, 1.82) is 0 Å². The highest BCUT2D eigenvalue weighted by atomic mass is 35.5. The number of carbonyl (C=O) groups is 1. The summed E-state index contributed by atoms with van der Waals surface area (Å²) in [7, 11) is 0. The molecule has 2 rings (SSSR count). The van der Waals surface area contributed by atoms with Gasteiger partial charge in [-0.25, -0.2) is 0 Å². The highest BCUT2D eigenvalue weighted by Gasteiger charge is 2.32. The van der Waals surface area contributed by atoms with E-state index in [0.29, 0.717) is 5.22 Å². The first-order valence-corrected chi connectivity index (χ1v) is 5.48. The van der Waals surface area contributed by atoms with Crippen LogP contribution < -0.4 is 0 Å². The largest absolute Gasteiger partial charge is 0.481 e. The second-order valence-electron chi connectivity index (χ2n) is 4.07. The van der Waals surface area contributed by atoms with E-state index in [2.05, 4.69) is 0 Å². The summed E-state index contributed by atoms with van der Waals surface area (Å²) >= 11 is 5.79. The van der Waals surface area contributed by atoms with Crippen molar-refractivity contribution in [3.8, 4) is 0 Å². The summed E-state index contributed by atoms with van der Waals surface area (Å²) in [6.07, 6.45) is 2.81. The summed E-state index contributed by atoms with van der Waals surface area (Å²) in [5, 5.41) is 9.36. The Balaban J connectivity index is 2.33. The van der Waals surface area contributed by atoms with Crippen LogP contribution in [0, 0.1) is 5.92 Å². The number of halogens is 1. The van der Waals surface area contributed by atoms with Crippen LogP contribution in [0.3, 0.4) is 0 Å². The van der Waals surface area contributed by atoms with Gasteiger partial charge in [-0.3, -0.25) is 4.79 Å². The third-order valence-electron chi connectivity index (χ3n) is 3.10. The Morgan fingerprint density at radius 3 is 3.13 bits per heavy atom. The highest BCUT2D eigenvalue weighted by molar-refractivity contribution is 6.28. The SMILES string of the molecule is CC(C(=O)O)C1CCCc2cc(Cl)oc21. The van der Waals surface area contributed by atoms with Crippen LogP contribution in [0.5, 0.6) is 0 Å². The minimum Gasteiger partial charge on any atom is -0.481 e. The fraction of sp³-hybridized carbons (Fsp3) is 0.545. The molecule has 3 nitrogen and oxygen atoms in total. The van der Waals surface area contributed by atoms with Crippen molar-refractivity contribution < 1.29 is 14.3 Å². The lowest BCUT2D eigenvalue weighted by atomic mass is 9.81. The molecule has 0 aromatic carbocycles. The van der Waals surface area contributed by atoms with E-state index in [9.17, 15) is 4.79 Å². The molecule has 1 aromatic heterocycles. The molecule has 2 atom stereocenters. The van der Waals surface area contributed by atoms with E-state index >= 15 is 0 Å². The van der Waals surface area contributed by atoms with Gasteiger partial charge >= 0.3 is 5.97 Å². The zero-order valence-corrected chi connectivity index (χ0v) is 9.25. The third-order valence-corrected chi connectivity index (χ3v) is 3.29. The maximum absolute atomic E-state index is 10.9. The number of hydrogen-bond donors (Lipinski definition) is 1. The molecule has 1 N–H and O–H groups in total. The van der Waals surface area contributed by atoms with Gasteiger partial charge in [-0.1, -0.05) is 6.92 Å². The van der Waals surface area contributed by atoms with Gasteiger partial charge in [0.2, 0.25) is 0 Å². The molecule has 1 heterocycles. The summed E-state index contributed by atoms with van der Waals surface area (Å²) in [6, 6.07) is 1.80. The van der Waals surface area contributed by atoms with Gasteiger partial charge in [0.1, 0.15) is 5.76 Å². The molecule has 0 spiro atoms. The number of aryl methyl sites for hydroxylation is 1. The number of carboxylic acids is 1. The fourth-order valence-corrected chi connectivity index (χ4v) is 2.42. The lowest BCUT2D eigenvalue weighted by Gasteiger charge is -2.23. The Bertz CT molecular complexity index is 383. The maximum Gasteiger partial charge on any atom is 0.306 e. The normalized spacial score (nSPS) is 22.1. The topological polar surface area (TPSA) is 50.4 Å². The maximum atomic E-state index is 10.9. The van der Waals surface area contributed by atoms with Crippen molar-refractivity contribution in [2.24, 2.45) is 5.92 Å². The Labute approximate surface area is 93.0 Å². The smallest absolute Gasteiger partial charge is 0.306 e. The number of hydrogen-bond acceptors (Lipinski definition) is 2. The van der Waals surface area contributed by atoms with Gasteiger partial charge < -0.3 is 9.52 Å². The second-order valence-corrected chi connectivity index (χ2v) is 4.44. The summed E-state index contributed by atoms with van der Waals surface area (Å²) in [5.74, 6) is -0.438. The van der Waals surface area contributed by atoms with E-state index in [1.54, 1.807) is 13.0 Å². The molecular formula is C11H13ClO3. The monoisotopic (exact) mass is 228 g/mol. The standard InChI is InChI=1S/C11H13ClO3/c1-6(11(13)14)8-4-2-3-7-5-9(12)15-10(7)8/h5-6,8H,2-4H2,1H3,(H,13,14). The van der Waals surface area contributed by atoms with E-state index in [0.717, 1.165) is 30.6 Å². The van der Waals surface area contributed by atoms with E-state index in [4.69, 9.17) is 21.1 Å². The van der Waals surface area contributed by atoms with Gasteiger partial charge in [0.25, 0.3) is 0 Å². The highest BCUT2D eigenvalue weighted by Crippen LogP contribution is 2.39. The number of furan rings is 1. The van der Waals surface area contributed by atoms with Crippen LogP contribution in [-0.2, 0) is 11.2 Å². The first kappa shape index (κ1) is 10.6. The van der Waals surface area contributed by atoms with Crippen LogP contribution in [0.4, 0.5) is 0 Å². The van der Waals surface area contributed by atoms with Gasteiger partial charge in [0.05, 0.1) is 5.92 Å². The van der Waals surface area contributed by atoms with Crippen molar-refractivity contribution >= 4 is 17.6 Å². The molecule has 0 fully saturated rings. The molecule has 0 aliphatic heterocycles. The molecular weight excluding hydrogens is 216 g/mol. The summed E-state index contributed by atoms with van der Waals surface area (Å²) < 4.78 is 5.39. The lowest BCUT2D eigenvalue weighted by molar-refractivity contribution is -0.142. The Hall–Kier alpha value is -0.960. The summed E-state index contributed by atoms with van der Waals surface area (Å²) in [4.78, 5) is 10.9. The summed E-state index contributed by atoms with van der Waals surface area (Å²) in [6.45, 7) is 1.72. The molecule has 82 valence electrons. The molecule has 15 heavy (non-hydrogen) atoms. The van der Waals surface area contributed by atoms with Crippen LogP contribution in [0.25, 0.3) is 0 Å². The van der Waals surface area contributed by atoms with Crippen molar-refractivity contribution in [1.82, 2.24) is 0 Å². The van der Waals surface area contributed by atoms with Gasteiger partial charge in [0, 0.05) is 5.92 Å². The van der Waals surface area contributed by atoms with Gasteiger partial charge in [-0.05, 0) is 42.5 Å². The zero-order valence-electron chi connectivity index (χ0n) is 8.50. The lowest BCUT2D eigenvalue weighted by Crippen LogP contribution is -2.21. The molecule has 1 aromatic rings. The second kappa shape index (κ2) is 3.89. The molecule has 4 heteroatoms. The average molecular weight is 229 g/mol. The van der Waals surface area contributed by atoms with Gasteiger partial charge in [-0.2, -0.15) is 0 Å². The van der Waals surface area contributed by atoms with Crippen LogP contribution in [0.15, 0.2) is 10.5 Å². The molecule has 1 aliphatic rings. The van der Waals surface area contributed by atoms with Crippen molar-refractivity contribution in [2.75, 3.05) is 0 Å². The predicted molar refractivity (Wildman–Crippen MR) is 56.2 cm³/mol. The quantitative estimate of drug-likeness (QED) is 0.846. The number of rotatable bonds is 2. The summed E-state index contributed by atoms with van der Waals surface area (Å²) in [5.41, 5.74) is 1.07. The van der Waals surface area contributed by atoms with E-state index in [-0.39, 0.29) is 5.92 Å². The fourth-order valence-electron chi connectivity index (χ4n) is 2.21. The minimum atomic E-state index is -0.777. The predicted octanol–water partition coefficient (Wildman–Crippen LogP) is 3.07. The number of carboxylic acid groups (broad SMARTS) is 1. The van der Waals surface area contributed by atoms with Crippen molar-refractivity contribution in [3.63, 3.8) is 0 Å². The first-order chi connectivity index (χ1) is 7.09. The molecule has 0 saturated heterocycles. The number of fused-ring (bicyclic) bond motifs is 1. The van der Waals surface area contributed by atoms with Crippen LogP contribution >= 0.6 is 11.6 Å². The third kappa shape index (κ3) is 1.88. The van der Waals surface area contributed by atoms with E-state index < -0.39 is 11.9 Å². The van der Waals surface area contributed by atoms with Crippen LogP contribution in [-0.4, -0.2) is 11.1 Å². The first-order valence-electron chi connectivity index (χ1n) is 5.10. The Morgan fingerprint density at radius 2 is 2.47 bits per heavy atom. The van der Waals surface area contributed by atoms with Gasteiger partial charge in [-0.15, -0.1) is 0 Å². The molecule has 0 bridgehead atoms. The van der Waals surface area contributed by atoms with Crippen LogP contribution in [0.1, 0.15) is 37.0 Å². The Kier molecular flexibility index (Phi) is 2.74. The minimum absolute atomic E-state index is 0.0289. The molecule has 0 saturated carbocycles. The molecule has 2 unspecified atom stereocenters. The molecule has 0 amide bonds. The zero-order chi connectivity index (χ0) is 11.0. The average Bonchev–Trinajstić information content (AvgIpc) is 2.56. The van der Waals surface area contributed by atoms with Crippen LogP contribution in [0.2, 0.25) is 5.22 Å². The van der Waals surface area contributed by atoms with E-state index in [1.807, 2.05) is 0 Å². The van der Waals surface area contributed by atoms with Crippen molar-refractivity contribution in [2.45, 2.75) is 32.1 Å². The molecule has 0 radical (unpaired) electrons. The van der Waals surface area contributed by atoms with Gasteiger partial charge in [0.15, 0.2) is 5.22 Å². The molecule has 1 aliphatic carbocycles. The Morgan fingerprint density at radius 1 is 1.73 bits per heavy atom. The van der Waals surface area contributed by atoms with E-state index in [1.165, 1.54) is 0 Å².